The second kappa shape index (κ2) is 20.3. The average molecular weight is 531 g/mol. The second-order valence-electron chi connectivity index (χ2n) is 9.94. The summed E-state index contributed by atoms with van der Waals surface area (Å²) in [6.07, 6.45) is 15.0. The highest BCUT2D eigenvalue weighted by Crippen LogP contribution is 2.42. The van der Waals surface area contributed by atoms with Crippen LogP contribution in [0.5, 0.6) is 5.75 Å². The predicted octanol–water partition coefficient (Wildman–Crippen LogP) is 8.76. The fraction of sp³-hybridized carbons (Fsp3) is 0.625. The van der Waals surface area contributed by atoms with Gasteiger partial charge in [0.15, 0.2) is 0 Å². The molecule has 0 saturated heterocycles. The number of rotatable bonds is 9. The normalized spacial score (nSPS) is 15.6. The number of unbranched alkanes of at least 4 members (excludes halogenated alkanes) is 3. The minimum Gasteiger partial charge on any atom is -0.507 e. The predicted molar refractivity (Wildman–Crippen MR) is 165 cm³/mol. The highest BCUT2D eigenvalue weighted by atomic mass is 19.1. The Morgan fingerprint density at radius 2 is 1.76 bits per heavy atom. The number of benzene rings is 1. The van der Waals surface area contributed by atoms with E-state index in [2.05, 4.69) is 44.6 Å². The molecule has 1 aliphatic carbocycles. The Hall–Kier alpha value is -2.63. The maximum atomic E-state index is 14.6. The van der Waals surface area contributed by atoms with Crippen molar-refractivity contribution in [3.8, 4) is 5.75 Å². The van der Waals surface area contributed by atoms with Gasteiger partial charge in [0.25, 0.3) is 0 Å². The van der Waals surface area contributed by atoms with Gasteiger partial charge in [0.05, 0.1) is 23.5 Å². The standard InChI is InChI=1S/C17H19FN4O.C10H22.C3H8.C2H6/c1-9(19)6-13-17(21-5-4-15(20)22-13)16-12(18)7-11(8-14(16)23)10-2-3-10;1-4-6-7-8-9-10(3)5-2;1-3-2;1-2/h4,6-8,10,23H,2-3,5,19-20H2,1H3;10H,4-9H2,1-3H3;3H2,1-2H3;1-2H3/b9-6-;;;. The van der Waals surface area contributed by atoms with E-state index < -0.39 is 5.82 Å². The SMILES string of the molecule is C/C(N)=C/C1=NC(N)=CCN=C1c1c(O)cc(C2CC2)cc1F.CC.CCC.CCCCCCC(C)CC. The van der Waals surface area contributed by atoms with Gasteiger partial charge in [0, 0.05) is 5.70 Å². The monoisotopic (exact) mass is 530 g/mol. The fourth-order valence-corrected chi connectivity index (χ4v) is 3.70. The molecular formula is C32H55FN4O. The van der Waals surface area contributed by atoms with E-state index in [1.54, 1.807) is 25.1 Å². The third kappa shape index (κ3) is 13.8. The van der Waals surface area contributed by atoms with Crippen molar-refractivity contribution in [3.63, 3.8) is 0 Å². The smallest absolute Gasteiger partial charge is 0.136 e. The van der Waals surface area contributed by atoms with Crippen LogP contribution in [0.25, 0.3) is 0 Å². The van der Waals surface area contributed by atoms with Gasteiger partial charge < -0.3 is 16.6 Å². The minimum absolute atomic E-state index is 0.0359. The van der Waals surface area contributed by atoms with E-state index >= 15 is 0 Å². The van der Waals surface area contributed by atoms with Crippen molar-refractivity contribution < 1.29 is 9.50 Å². The largest absolute Gasteiger partial charge is 0.507 e. The molecule has 3 rings (SSSR count). The van der Waals surface area contributed by atoms with Gasteiger partial charge in [-0.05, 0) is 61.4 Å². The van der Waals surface area contributed by atoms with Crippen LogP contribution in [0.15, 0.2) is 45.8 Å². The van der Waals surface area contributed by atoms with Crippen LogP contribution in [-0.4, -0.2) is 23.1 Å². The lowest BCUT2D eigenvalue weighted by atomic mass is 9.99. The van der Waals surface area contributed by atoms with Gasteiger partial charge in [-0.2, -0.15) is 0 Å². The first-order chi connectivity index (χ1) is 18.2. The van der Waals surface area contributed by atoms with Crippen LogP contribution < -0.4 is 11.5 Å². The summed E-state index contributed by atoms with van der Waals surface area (Å²) in [5, 5.41) is 10.3. The molecule has 0 aromatic heterocycles. The van der Waals surface area contributed by atoms with E-state index in [0.29, 0.717) is 17.3 Å². The Kier molecular flexibility index (Phi) is 18.9. The zero-order chi connectivity index (χ0) is 29.1. The van der Waals surface area contributed by atoms with E-state index in [9.17, 15) is 9.50 Å². The third-order valence-electron chi connectivity index (χ3n) is 6.03. The van der Waals surface area contributed by atoms with Crippen molar-refractivity contribution in [2.75, 3.05) is 6.54 Å². The maximum Gasteiger partial charge on any atom is 0.136 e. The third-order valence-corrected chi connectivity index (χ3v) is 6.03. The molecule has 1 aromatic rings. The number of hydrogen-bond donors (Lipinski definition) is 3. The molecule has 1 heterocycles. The topological polar surface area (TPSA) is 97.0 Å². The van der Waals surface area contributed by atoms with Crippen LogP contribution in [0.3, 0.4) is 0 Å². The van der Waals surface area contributed by atoms with Gasteiger partial charge in [0.1, 0.15) is 17.4 Å². The van der Waals surface area contributed by atoms with Gasteiger partial charge >= 0.3 is 0 Å². The Morgan fingerprint density at radius 1 is 1.13 bits per heavy atom. The highest BCUT2D eigenvalue weighted by molar-refractivity contribution is 6.52. The molecule has 0 amide bonds. The van der Waals surface area contributed by atoms with E-state index in [4.69, 9.17) is 11.5 Å². The van der Waals surface area contributed by atoms with Gasteiger partial charge in [-0.1, -0.05) is 93.4 Å². The summed E-state index contributed by atoms with van der Waals surface area (Å²) < 4.78 is 14.6. The second-order valence-corrected chi connectivity index (χ2v) is 9.94. The Bertz CT molecular complexity index is 902. The lowest BCUT2D eigenvalue weighted by Gasteiger charge is -2.12. The van der Waals surface area contributed by atoms with E-state index in [-0.39, 0.29) is 29.4 Å². The van der Waals surface area contributed by atoms with Crippen LogP contribution >= 0.6 is 0 Å². The number of phenols is 1. The molecule has 38 heavy (non-hydrogen) atoms. The van der Waals surface area contributed by atoms with E-state index in [1.807, 2.05) is 13.8 Å². The lowest BCUT2D eigenvalue weighted by Crippen LogP contribution is -2.18. The van der Waals surface area contributed by atoms with Crippen molar-refractivity contribution >= 4 is 11.4 Å². The van der Waals surface area contributed by atoms with Crippen LogP contribution in [0.1, 0.15) is 130 Å². The molecule has 1 atom stereocenters. The van der Waals surface area contributed by atoms with Crippen LogP contribution in [0.2, 0.25) is 0 Å². The van der Waals surface area contributed by atoms with Crippen molar-refractivity contribution in [2.45, 2.75) is 119 Å². The first-order valence-corrected chi connectivity index (χ1v) is 14.7. The Morgan fingerprint density at radius 3 is 2.26 bits per heavy atom. The van der Waals surface area contributed by atoms with Crippen LogP contribution in [-0.2, 0) is 0 Å². The Labute approximate surface area is 232 Å². The summed E-state index contributed by atoms with van der Waals surface area (Å²) in [5.74, 6) is 0.934. The maximum absolute atomic E-state index is 14.6. The molecule has 5 N–H and O–H groups in total. The number of hydrogen-bond acceptors (Lipinski definition) is 5. The molecule has 0 bridgehead atoms. The van der Waals surface area contributed by atoms with Crippen LogP contribution in [0.4, 0.5) is 4.39 Å². The minimum atomic E-state index is -0.512. The molecule has 1 aliphatic heterocycles. The molecule has 1 unspecified atom stereocenters. The van der Waals surface area contributed by atoms with Crippen molar-refractivity contribution in [1.82, 2.24) is 0 Å². The summed E-state index contributed by atoms with van der Waals surface area (Å²) in [6, 6.07) is 3.07. The first-order valence-electron chi connectivity index (χ1n) is 14.7. The van der Waals surface area contributed by atoms with Gasteiger partial charge in [-0.3, -0.25) is 4.99 Å². The van der Waals surface area contributed by atoms with E-state index in [1.165, 1.54) is 51.0 Å². The summed E-state index contributed by atoms with van der Waals surface area (Å²) in [4.78, 5) is 8.54. The van der Waals surface area contributed by atoms with Crippen molar-refractivity contribution in [1.29, 1.82) is 0 Å². The molecule has 6 heteroatoms. The summed E-state index contributed by atoms with van der Waals surface area (Å²) >= 11 is 0. The molecule has 1 aromatic carbocycles. The number of nitrogens with two attached hydrogens (primary N) is 2. The number of aliphatic imine (C=N–C) groups is 2. The first kappa shape index (κ1) is 35.4. The molecule has 1 fully saturated rings. The van der Waals surface area contributed by atoms with Crippen LogP contribution in [0, 0.1) is 11.7 Å². The Balaban J connectivity index is 0.000000767. The summed E-state index contributed by atoms with van der Waals surface area (Å²) in [5.41, 5.74) is 13.4. The number of halogens is 1. The van der Waals surface area contributed by atoms with Crippen molar-refractivity contribution in [3.05, 3.63) is 52.7 Å². The quantitative estimate of drug-likeness (QED) is 0.278. The molecule has 1 saturated carbocycles. The number of allylic oxidation sites excluding steroid dienone is 2. The van der Waals surface area contributed by atoms with Gasteiger partial charge in [-0.15, -0.1) is 0 Å². The zero-order valence-corrected chi connectivity index (χ0v) is 25.4. The molecule has 2 aliphatic rings. The molecule has 0 radical (unpaired) electrons. The summed E-state index contributed by atoms with van der Waals surface area (Å²) in [6.45, 7) is 17.1. The summed E-state index contributed by atoms with van der Waals surface area (Å²) in [7, 11) is 0. The number of aromatic hydroxyl groups is 1. The van der Waals surface area contributed by atoms with E-state index in [0.717, 1.165) is 24.3 Å². The molecule has 216 valence electrons. The van der Waals surface area contributed by atoms with Gasteiger partial charge in [0.2, 0.25) is 0 Å². The van der Waals surface area contributed by atoms with Crippen molar-refractivity contribution in [2.24, 2.45) is 27.4 Å². The fourth-order valence-electron chi connectivity index (χ4n) is 3.70. The number of nitrogens with zero attached hydrogens (tertiary/aromatic N) is 2. The molecule has 5 nitrogen and oxygen atoms in total. The zero-order valence-electron chi connectivity index (χ0n) is 25.4. The molecule has 0 spiro atoms. The van der Waals surface area contributed by atoms with Gasteiger partial charge in [-0.25, -0.2) is 9.38 Å². The molecular weight excluding hydrogens is 475 g/mol. The number of phenolic OH excluding ortho intramolecular Hbond substituents is 1. The average Bonchev–Trinajstić information content (AvgIpc) is 3.73. The lowest BCUT2D eigenvalue weighted by molar-refractivity contribution is 0.466. The highest BCUT2D eigenvalue weighted by Gasteiger charge is 2.27.